The summed E-state index contributed by atoms with van der Waals surface area (Å²) in [6, 6.07) is 14.9. The largest absolute Gasteiger partial charge is 0.495 e. The monoisotopic (exact) mass is 519 g/mol. The van der Waals surface area contributed by atoms with Crippen LogP contribution in [0, 0.1) is 6.92 Å². The van der Waals surface area contributed by atoms with Gasteiger partial charge in [0.2, 0.25) is 0 Å². The van der Waals surface area contributed by atoms with E-state index in [0.717, 1.165) is 10.1 Å². The Morgan fingerprint density at radius 1 is 1.05 bits per heavy atom. The van der Waals surface area contributed by atoms with E-state index < -0.39 is 17.4 Å². The number of aryl methyl sites for hydroxylation is 1. The minimum atomic E-state index is -0.663. The highest BCUT2D eigenvalue weighted by Crippen LogP contribution is 2.27. The van der Waals surface area contributed by atoms with Crippen molar-refractivity contribution in [1.82, 2.24) is 9.56 Å². The molecule has 4 aromatic rings. The van der Waals surface area contributed by atoms with Gasteiger partial charge >= 0.3 is 5.97 Å². The number of benzene rings is 2. The zero-order valence-corrected chi connectivity index (χ0v) is 21.9. The molecule has 0 bridgehead atoms. The summed E-state index contributed by atoms with van der Waals surface area (Å²) in [5.41, 5.74) is 1.81. The number of esters is 1. The first-order valence-corrected chi connectivity index (χ1v) is 11.9. The van der Waals surface area contributed by atoms with Crippen LogP contribution < -0.4 is 20.3 Å². The number of hydrogen-bond donors (Lipinski definition) is 1. The number of rotatable bonds is 8. The van der Waals surface area contributed by atoms with Gasteiger partial charge in [-0.1, -0.05) is 32.9 Å². The average Bonchev–Trinajstić information content (AvgIpc) is 3.26. The molecule has 1 N–H and O–H groups in total. The molecule has 38 heavy (non-hydrogen) atoms. The van der Waals surface area contributed by atoms with Crippen molar-refractivity contribution in [1.29, 1.82) is 0 Å². The molecule has 0 aliphatic carbocycles. The molecule has 198 valence electrons. The highest BCUT2D eigenvalue weighted by atomic mass is 16.5. The average molecular weight is 520 g/mol. The number of nitrogens with one attached hydrogen (secondary N) is 1. The van der Waals surface area contributed by atoms with Crippen molar-refractivity contribution in [3.63, 3.8) is 0 Å². The Bertz CT molecular complexity index is 1530. The molecule has 0 fully saturated rings. The molecule has 0 saturated carbocycles. The van der Waals surface area contributed by atoms with Crippen molar-refractivity contribution in [3.8, 4) is 11.5 Å². The maximum Gasteiger partial charge on any atom is 0.338 e. The number of carbonyl (C=O) groups is 2. The molecule has 0 aliphatic heterocycles. The van der Waals surface area contributed by atoms with Crippen LogP contribution in [0.5, 0.6) is 11.5 Å². The Hall–Kier alpha value is -4.60. The highest BCUT2D eigenvalue weighted by molar-refractivity contribution is 5.96. The lowest BCUT2D eigenvalue weighted by atomic mass is 9.87. The van der Waals surface area contributed by atoms with Gasteiger partial charge in [-0.15, -0.1) is 4.57 Å². The minimum Gasteiger partial charge on any atom is -0.495 e. The fourth-order valence-corrected chi connectivity index (χ4v) is 3.69. The Morgan fingerprint density at radius 2 is 1.79 bits per heavy atom. The zero-order valence-electron chi connectivity index (χ0n) is 21.9. The van der Waals surface area contributed by atoms with Gasteiger partial charge in [-0.05, 0) is 48.2 Å². The molecule has 0 radical (unpaired) electrons. The van der Waals surface area contributed by atoms with Gasteiger partial charge in [0.25, 0.3) is 11.5 Å². The fourth-order valence-electron chi connectivity index (χ4n) is 3.69. The SMILES string of the molecule is COc1ccc(C(=O)OCc2cc(=O)n3oc(C)cc3n2)cc1NC(=O)COc1ccc(C(C)(C)C)cc1. The Labute approximate surface area is 219 Å². The standard InChI is InChI=1S/C28H29N3O7/c1-17-12-24-29-20(14-26(33)31(24)38-17)15-37-27(34)18-6-11-23(35-5)22(13-18)30-25(32)16-36-21-9-7-19(8-10-21)28(2,3)4/h6-14H,15-16H2,1-5H3,(H,30,32). The number of methoxy groups -OCH3 is 1. The third kappa shape index (κ3) is 6.20. The van der Waals surface area contributed by atoms with Gasteiger partial charge in [0, 0.05) is 12.1 Å². The van der Waals surface area contributed by atoms with Gasteiger partial charge in [-0.3, -0.25) is 9.59 Å². The third-order valence-corrected chi connectivity index (χ3v) is 5.67. The Balaban J connectivity index is 1.39. The molecule has 10 heteroatoms. The van der Waals surface area contributed by atoms with Crippen LogP contribution in [0.4, 0.5) is 5.69 Å². The molecule has 0 unspecified atom stereocenters. The van der Waals surface area contributed by atoms with Crippen LogP contribution in [-0.4, -0.2) is 35.2 Å². The van der Waals surface area contributed by atoms with Crippen molar-refractivity contribution < 1.29 is 28.3 Å². The molecule has 0 spiro atoms. The molecule has 1 amide bonds. The number of fused-ring (bicyclic) bond motifs is 1. The molecule has 0 atom stereocenters. The highest BCUT2D eigenvalue weighted by Gasteiger charge is 2.16. The van der Waals surface area contributed by atoms with E-state index in [0.29, 0.717) is 22.9 Å². The summed E-state index contributed by atoms with van der Waals surface area (Å²) in [6.07, 6.45) is 0. The molecular formula is C28H29N3O7. The van der Waals surface area contributed by atoms with Gasteiger partial charge in [0.05, 0.1) is 24.1 Å². The van der Waals surface area contributed by atoms with Crippen molar-refractivity contribution >= 4 is 23.2 Å². The summed E-state index contributed by atoms with van der Waals surface area (Å²) in [7, 11) is 1.45. The first-order valence-electron chi connectivity index (χ1n) is 11.9. The van der Waals surface area contributed by atoms with E-state index in [1.807, 2.05) is 24.3 Å². The predicted octanol–water partition coefficient (Wildman–Crippen LogP) is 4.28. The summed E-state index contributed by atoms with van der Waals surface area (Å²) in [6.45, 7) is 7.60. The van der Waals surface area contributed by atoms with Crippen LogP contribution in [0.3, 0.4) is 0 Å². The number of aromatic nitrogens is 2. The molecule has 2 aromatic carbocycles. The number of ether oxygens (including phenoxy) is 3. The van der Waals surface area contributed by atoms with Gasteiger partial charge in [-0.2, -0.15) is 0 Å². The van der Waals surface area contributed by atoms with Crippen LogP contribution in [-0.2, 0) is 21.6 Å². The van der Waals surface area contributed by atoms with Gasteiger partial charge in [0.1, 0.15) is 23.9 Å². The molecule has 0 aliphatic rings. The number of anilines is 1. The number of amides is 1. The van der Waals surface area contributed by atoms with E-state index in [-0.39, 0.29) is 35.6 Å². The van der Waals surface area contributed by atoms with Gasteiger partial charge in [-0.25, -0.2) is 9.78 Å². The lowest BCUT2D eigenvalue weighted by molar-refractivity contribution is -0.118. The van der Waals surface area contributed by atoms with Crippen molar-refractivity contribution in [2.24, 2.45) is 0 Å². The second-order valence-corrected chi connectivity index (χ2v) is 9.69. The van der Waals surface area contributed by atoms with Crippen LogP contribution in [0.25, 0.3) is 5.65 Å². The van der Waals surface area contributed by atoms with Crippen LogP contribution in [0.2, 0.25) is 0 Å². The number of nitrogens with zero attached hydrogens (tertiary/aromatic N) is 2. The zero-order chi connectivity index (χ0) is 27.4. The van der Waals surface area contributed by atoms with Crippen LogP contribution >= 0.6 is 0 Å². The van der Waals surface area contributed by atoms with E-state index in [4.69, 9.17) is 18.7 Å². The molecular weight excluding hydrogens is 490 g/mol. The Morgan fingerprint density at radius 3 is 2.47 bits per heavy atom. The topological polar surface area (TPSA) is 121 Å². The van der Waals surface area contributed by atoms with Crippen LogP contribution in [0.15, 0.2) is 63.9 Å². The van der Waals surface area contributed by atoms with E-state index in [1.165, 1.54) is 25.3 Å². The van der Waals surface area contributed by atoms with E-state index >= 15 is 0 Å². The molecule has 10 nitrogen and oxygen atoms in total. The maximum absolute atomic E-state index is 12.7. The summed E-state index contributed by atoms with van der Waals surface area (Å²) in [5, 5.41) is 2.70. The first kappa shape index (κ1) is 26.5. The second-order valence-electron chi connectivity index (χ2n) is 9.69. The molecule has 2 aromatic heterocycles. The summed E-state index contributed by atoms with van der Waals surface area (Å²) in [4.78, 5) is 41.7. The van der Waals surface area contributed by atoms with Gasteiger partial charge < -0.3 is 24.1 Å². The van der Waals surface area contributed by atoms with Crippen molar-refractivity contribution in [2.75, 3.05) is 19.0 Å². The van der Waals surface area contributed by atoms with Crippen molar-refractivity contribution in [3.05, 3.63) is 87.5 Å². The number of carbonyl (C=O) groups excluding carboxylic acids is 2. The number of hydrogen-bond acceptors (Lipinski definition) is 8. The predicted molar refractivity (Wildman–Crippen MR) is 140 cm³/mol. The smallest absolute Gasteiger partial charge is 0.338 e. The third-order valence-electron chi connectivity index (χ3n) is 5.67. The van der Waals surface area contributed by atoms with Crippen LogP contribution in [0.1, 0.15) is 48.1 Å². The van der Waals surface area contributed by atoms with Gasteiger partial charge in [0.15, 0.2) is 12.3 Å². The summed E-state index contributed by atoms with van der Waals surface area (Å²) >= 11 is 0. The lowest BCUT2D eigenvalue weighted by Crippen LogP contribution is -2.21. The van der Waals surface area contributed by atoms with E-state index in [1.54, 1.807) is 19.1 Å². The minimum absolute atomic E-state index is 0.0136. The summed E-state index contributed by atoms with van der Waals surface area (Å²) < 4.78 is 22.6. The first-order chi connectivity index (χ1) is 18.0. The second kappa shape index (κ2) is 10.8. The summed E-state index contributed by atoms with van der Waals surface area (Å²) in [5.74, 6) is 0.362. The molecule has 2 heterocycles. The fraction of sp³-hybridized carbons (Fsp3) is 0.286. The molecule has 0 saturated heterocycles. The Kier molecular flexibility index (Phi) is 7.52. The normalized spacial score (nSPS) is 11.3. The van der Waals surface area contributed by atoms with Crippen molar-refractivity contribution in [2.45, 2.75) is 39.7 Å². The van der Waals surface area contributed by atoms with E-state index in [2.05, 4.69) is 31.1 Å². The molecule has 4 rings (SSSR count). The quantitative estimate of drug-likeness (QED) is 0.343. The lowest BCUT2D eigenvalue weighted by Gasteiger charge is -2.19. The maximum atomic E-state index is 12.7. The van der Waals surface area contributed by atoms with E-state index in [9.17, 15) is 14.4 Å².